The van der Waals surface area contributed by atoms with Crippen molar-refractivity contribution in [3.8, 4) is 0 Å². The standard InChI is InChI=1S/C8H10N2O3S/c11-4-1-5-14-7-6(8(12)13)9-2-3-10-7/h2-3,11H,1,4-5H2,(H,12,13). The topological polar surface area (TPSA) is 83.3 Å². The minimum Gasteiger partial charge on any atom is -0.476 e. The van der Waals surface area contributed by atoms with E-state index in [0.717, 1.165) is 0 Å². The lowest BCUT2D eigenvalue weighted by Crippen LogP contribution is -2.04. The number of hydrogen-bond donors (Lipinski definition) is 2. The van der Waals surface area contributed by atoms with Crippen LogP contribution in [0.15, 0.2) is 17.4 Å². The summed E-state index contributed by atoms with van der Waals surface area (Å²) in [5.41, 5.74) is -0.0320. The van der Waals surface area contributed by atoms with Crippen molar-refractivity contribution >= 4 is 17.7 Å². The van der Waals surface area contributed by atoms with E-state index in [9.17, 15) is 4.79 Å². The number of aromatic carboxylic acids is 1. The fraction of sp³-hybridized carbons (Fsp3) is 0.375. The number of hydrogen-bond acceptors (Lipinski definition) is 5. The van der Waals surface area contributed by atoms with Gasteiger partial charge in [-0.15, -0.1) is 11.8 Å². The van der Waals surface area contributed by atoms with Crippen molar-refractivity contribution in [3.63, 3.8) is 0 Å². The molecule has 0 atom stereocenters. The highest BCUT2D eigenvalue weighted by Crippen LogP contribution is 2.18. The summed E-state index contributed by atoms with van der Waals surface area (Å²) in [6, 6.07) is 0. The Morgan fingerprint density at radius 2 is 2.14 bits per heavy atom. The molecule has 1 aromatic heterocycles. The van der Waals surface area contributed by atoms with Gasteiger partial charge in [-0.2, -0.15) is 0 Å². The number of carboxylic acids is 1. The molecule has 0 radical (unpaired) electrons. The van der Waals surface area contributed by atoms with Crippen LogP contribution in [-0.2, 0) is 0 Å². The lowest BCUT2D eigenvalue weighted by Gasteiger charge is -2.01. The van der Waals surface area contributed by atoms with Gasteiger partial charge in [-0.1, -0.05) is 0 Å². The maximum absolute atomic E-state index is 10.7. The highest BCUT2D eigenvalue weighted by Gasteiger charge is 2.12. The quantitative estimate of drug-likeness (QED) is 0.553. The predicted molar refractivity (Wildman–Crippen MR) is 51.4 cm³/mol. The molecule has 2 N–H and O–H groups in total. The number of carboxylic acid groups (broad SMARTS) is 1. The van der Waals surface area contributed by atoms with Crippen LogP contribution in [0.1, 0.15) is 16.9 Å². The summed E-state index contributed by atoms with van der Waals surface area (Å²) >= 11 is 1.29. The van der Waals surface area contributed by atoms with Crippen LogP contribution in [-0.4, -0.2) is 38.5 Å². The third kappa shape index (κ3) is 2.97. The van der Waals surface area contributed by atoms with Crippen LogP contribution >= 0.6 is 11.8 Å². The number of aliphatic hydroxyl groups excluding tert-OH is 1. The van der Waals surface area contributed by atoms with Gasteiger partial charge in [-0.25, -0.2) is 14.8 Å². The first kappa shape index (κ1) is 10.9. The van der Waals surface area contributed by atoms with Crippen LogP contribution in [0.5, 0.6) is 0 Å². The Bertz CT molecular complexity index is 319. The van der Waals surface area contributed by atoms with E-state index in [1.165, 1.54) is 24.2 Å². The molecule has 5 nitrogen and oxygen atoms in total. The fourth-order valence-corrected chi connectivity index (χ4v) is 1.69. The first-order valence-electron chi connectivity index (χ1n) is 4.03. The van der Waals surface area contributed by atoms with Crippen molar-refractivity contribution in [2.75, 3.05) is 12.4 Å². The van der Waals surface area contributed by atoms with Crippen LogP contribution in [0.2, 0.25) is 0 Å². The third-order valence-corrected chi connectivity index (χ3v) is 2.47. The van der Waals surface area contributed by atoms with Gasteiger partial charge in [0.1, 0.15) is 5.03 Å². The van der Waals surface area contributed by atoms with Gasteiger partial charge in [0, 0.05) is 24.8 Å². The van der Waals surface area contributed by atoms with Crippen molar-refractivity contribution in [1.29, 1.82) is 0 Å². The normalized spacial score (nSPS) is 10.1. The van der Waals surface area contributed by atoms with Crippen molar-refractivity contribution in [2.24, 2.45) is 0 Å². The Kier molecular flexibility index (Phi) is 4.34. The van der Waals surface area contributed by atoms with E-state index in [1.54, 1.807) is 0 Å². The number of thioether (sulfide) groups is 1. The first-order chi connectivity index (χ1) is 6.75. The van der Waals surface area contributed by atoms with Gasteiger partial charge < -0.3 is 10.2 Å². The second kappa shape index (κ2) is 5.56. The minimum absolute atomic E-state index is 0.0320. The van der Waals surface area contributed by atoms with Gasteiger partial charge in [-0.05, 0) is 6.42 Å². The Morgan fingerprint density at radius 1 is 1.43 bits per heavy atom. The SMILES string of the molecule is O=C(O)c1nccnc1SCCCO. The van der Waals surface area contributed by atoms with Gasteiger partial charge in [0.2, 0.25) is 0 Å². The van der Waals surface area contributed by atoms with E-state index in [-0.39, 0.29) is 12.3 Å². The molecule has 0 aliphatic carbocycles. The van der Waals surface area contributed by atoms with E-state index in [4.69, 9.17) is 10.2 Å². The van der Waals surface area contributed by atoms with Crippen LogP contribution < -0.4 is 0 Å². The Labute approximate surface area is 85.2 Å². The fourth-order valence-electron chi connectivity index (χ4n) is 0.811. The van der Waals surface area contributed by atoms with Crippen LogP contribution in [0, 0.1) is 0 Å². The third-order valence-electron chi connectivity index (χ3n) is 1.41. The van der Waals surface area contributed by atoms with Gasteiger partial charge in [0.25, 0.3) is 0 Å². The van der Waals surface area contributed by atoms with Crippen LogP contribution in [0.25, 0.3) is 0 Å². The summed E-state index contributed by atoms with van der Waals surface area (Å²) in [7, 11) is 0. The number of aliphatic hydroxyl groups is 1. The summed E-state index contributed by atoms with van der Waals surface area (Å²) < 4.78 is 0. The maximum Gasteiger partial charge on any atom is 0.357 e. The summed E-state index contributed by atoms with van der Waals surface area (Å²) in [5, 5.41) is 17.7. The Hall–Kier alpha value is -1.14. The molecule has 1 aromatic rings. The highest BCUT2D eigenvalue weighted by molar-refractivity contribution is 7.99. The second-order valence-electron chi connectivity index (χ2n) is 2.44. The summed E-state index contributed by atoms with van der Waals surface area (Å²) in [6.07, 6.45) is 3.41. The van der Waals surface area contributed by atoms with Crippen LogP contribution in [0.4, 0.5) is 0 Å². The highest BCUT2D eigenvalue weighted by atomic mass is 32.2. The largest absolute Gasteiger partial charge is 0.476 e. The van der Waals surface area contributed by atoms with Crippen molar-refractivity contribution in [1.82, 2.24) is 9.97 Å². The maximum atomic E-state index is 10.7. The molecule has 0 bridgehead atoms. The number of aromatic nitrogens is 2. The molecule has 1 rings (SSSR count). The second-order valence-corrected chi connectivity index (χ2v) is 3.52. The molecule has 0 aliphatic rings. The van der Waals surface area contributed by atoms with E-state index in [1.807, 2.05) is 0 Å². The van der Waals surface area contributed by atoms with Gasteiger partial charge in [0.05, 0.1) is 0 Å². The van der Waals surface area contributed by atoms with Gasteiger partial charge in [0.15, 0.2) is 5.69 Å². The first-order valence-corrected chi connectivity index (χ1v) is 5.02. The van der Waals surface area contributed by atoms with E-state index in [0.29, 0.717) is 17.2 Å². The zero-order valence-electron chi connectivity index (χ0n) is 7.38. The monoisotopic (exact) mass is 214 g/mol. The molecule has 0 aliphatic heterocycles. The van der Waals surface area contributed by atoms with Gasteiger partial charge in [-0.3, -0.25) is 0 Å². The van der Waals surface area contributed by atoms with E-state index in [2.05, 4.69) is 9.97 Å². The van der Waals surface area contributed by atoms with Gasteiger partial charge >= 0.3 is 5.97 Å². The molecule has 0 spiro atoms. The van der Waals surface area contributed by atoms with Crippen molar-refractivity contribution < 1.29 is 15.0 Å². The summed E-state index contributed by atoms with van der Waals surface area (Å²) in [4.78, 5) is 18.3. The molecular weight excluding hydrogens is 204 g/mol. The Balaban J connectivity index is 2.69. The smallest absolute Gasteiger partial charge is 0.357 e. The molecule has 0 fully saturated rings. The van der Waals surface area contributed by atoms with Crippen LogP contribution in [0.3, 0.4) is 0 Å². The van der Waals surface area contributed by atoms with Crippen molar-refractivity contribution in [2.45, 2.75) is 11.4 Å². The molecule has 76 valence electrons. The zero-order valence-corrected chi connectivity index (χ0v) is 8.20. The average molecular weight is 214 g/mol. The number of nitrogens with zero attached hydrogens (tertiary/aromatic N) is 2. The molecule has 14 heavy (non-hydrogen) atoms. The lowest BCUT2D eigenvalue weighted by atomic mass is 10.5. The summed E-state index contributed by atoms with van der Waals surface area (Å²) in [5.74, 6) is -0.445. The average Bonchev–Trinajstić information content (AvgIpc) is 2.19. The number of carbonyl (C=O) groups is 1. The molecule has 6 heteroatoms. The molecule has 0 amide bonds. The molecule has 0 saturated carbocycles. The zero-order chi connectivity index (χ0) is 10.4. The molecule has 0 unspecified atom stereocenters. The van der Waals surface area contributed by atoms with E-state index < -0.39 is 5.97 Å². The molecule has 1 heterocycles. The van der Waals surface area contributed by atoms with Crippen molar-refractivity contribution in [3.05, 3.63) is 18.1 Å². The summed E-state index contributed by atoms with van der Waals surface area (Å²) in [6.45, 7) is 0.0929. The predicted octanol–water partition coefficient (Wildman–Crippen LogP) is 0.649. The lowest BCUT2D eigenvalue weighted by molar-refractivity contribution is 0.0685. The molecular formula is C8H10N2O3S. The Morgan fingerprint density at radius 3 is 2.79 bits per heavy atom. The number of rotatable bonds is 5. The van der Waals surface area contributed by atoms with E-state index >= 15 is 0 Å². The minimum atomic E-state index is -1.08. The molecule has 0 aromatic carbocycles. The molecule has 0 saturated heterocycles.